The normalized spacial score (nSPS) is 20.8. The van der Waals surface area contributed by atoms with Gasteiger partial charge in [-0.2, -0.15) is 0 Å². The number of aromatic nitrogens is 2. The van der Waals surface area contributed by atoms with E-state index in [0.717, 1.165) is 30.0 Å². The number of carbonyl (C=O) groups excluding carboxylic acids is 1. The zero-order chi connectivity index (χ0) is 18.7. The van der Waals surface area contributed by atoms with Crippen LogP contribution in [0.25, 0.3) is 0 Å². The van der Waals surface area contributed by atoms with Gasteiger partial charge in [0.25, 0.3) is 5.91 Å². The van der Waals surface area contributed by atoms with Crippen LogP contribution < -0.4 is 10.6 Å². The Kier molecular flexibility index (Phi) is 5.53. The molecule has 0 aromatic carbocycles. The fraction of sp³-hybridized carbons (Fsp3) is 0.500. The van der Waals surface area contributed by atoms with Gasteiger partial charge in [-0.05, 0) is 32.4 Å². The maximum atomic E-state index is 12.0. The lowest BCUT2D eigenvalue weighted by Gasteiger charge is -2.36. The summed E-state index contributed by atoms with van der Waals surface area (Å²) in [6, 6.07) is 3.28. The lowest BCUT2D eigenvalue weighted by Crippen LogP contribution is -2.49. The van der Waals surface area contributed by atoms with E-state index in [-0.39, 0.29) is 11.9 Å². The van der Waals surface area contributed by atoms with Gasteiger partial charge >= 0.3 is 0 Å². The number of β-amino-alcohol motifs (C(OH)–C–C–N with tert-alkyl or cyclic N) is 1. The van der Waals surface area contributed by atoms with Gasteiger partial charge in [0.15, 0.2) is 0 Å². The van der Waals surface area contributed by atoms with E-state index in [1.165, 1.54) is 0 Å². The van der Waals surface area contributed by atoms with Crippen molar-refractivity contribution in [3.05, 3.63) is 40.9 Å². The summed E-state index contributed by atoms with van der Waals surface area (Å²) in [4.78, 5) is 18.4. The Hall–Kier alpha value is -2.45. The number of anilines is 1. The van der Waals surface area contributed by atoms with E-state index in [2.05, 4.69) is 25.7 Å². The third-order valence-corrected chi connectivity index (χ3v) is 4.83. The molecule has 140 valence electrons. The first-order valence-corrected chi connectivity index (χ1v) is 8.75. The smallest absolute Gasteiger partial charge is 0.254 e. The highest BCUT2D eigenvalue weighted by atomic mass is 16.5. The van der Waals surface area contributed by atoms with Gasteiger partial charge in [-0.15, -0.1) is 0 Å². The predicted molar refractivity (Wildman–Crippen MR) is 96.9 cm³/mol. The second-order valence-electron chi connectivity index (χ2n) is 6.62. The summed E-state index contributed by atoms with van der Waals surface area (Å²) >= 11 is 0. The van der Waals surface area contributed by atoms with E-state index in [4.69, 9.17) is 4.52 Å². The van der Waals surface area contributed by atoms with E-state index < -0.39 is 6.10 Å². The van der Waals surface area contributed by atoms with Crippen molar-refractivity contribution in [1.29, 1.82) is 0 Å². The van der Waals surface area contributed by atoms with Crippen molar-refractivity contribution in [2.45, 2.75) is 39.0 Å². The largest absolute Gasteiger partial charge is 0.390 e. The Labute approximate surface area is 152 Å². The number of hydrogen-bond acceptors (Lipinski definition) is 7. The van der Waals surface area contributed by atoms with Crippen molar-refractivity contribution in [2.24, 2.45) is 0 Å². The number of carbonyl (C=O) groups is 1. The molecule has 1 fully saturated rings. The van der Waals surface area contributed by atoms with Gasteiger partial charge < -0.3 is 20.3 Å². The number of piperidine rings is 1. The fourth-order valence-electron chi connectivity index (χ4n) is 3.27. The molecule has 2 aromatic rings. The highest BCUT2D eigenvalue weighted by Crippen LogP contribution is 2.22. The van der Waals surface area contributed by atoms with Gasteiger partial charge in [-0.25, -0.2) is 4.98 Å². The number of likely N-dealkylation sites (tertiary alicyclic amines) is 1. The number of hydrogen-bond donors (Lipinski definition) is 3. The molecular formula is C18H25N5O3. The van der Waals surface area contributed by atoms with Crippen LogP contribution in [-0.4, -0.2) is 58.3 Å². The zero-order valence-electron chi connectivity index (χ0n) is 15.3. The van der Waals surface area contributed by atoms with Crippen molar-refractivity contribution in [3.63, 3.8) is 0 Å². The molecule has 1 saturated heterocycles. The van der Waals surface area contributed by atoms with Crippen LogP contribution in [0.3, 0.4) is 0 Å². The molecule has 0 unspecified atom stereocenters. The van der Waals surface area contributed by atoms with Crippen LogP contribution >= 0.6 is 0 Å². The summed E-state index contributed by atoms with van der Waals surface area (Å²) in [5, 5.41) is 20.4. The van der Waals surface area contributed by atoms with Gasteiger partial charge in [-0.3, -0.25) is 9.69 Å². The molecule has 0 bridgehead atoms. The summed E-state index contributed by atoms with van der Waals surface area (Å²) in [6.45, 7) is 5.89. The summed E-state index contributed by atoms with van der Waals surface area (Å²) < 4.78 is 5.21. The second-order valence-corrected chi connectivity index (χ2v) is 6.62. The van der Waals surface area contributed by atoms with Crippen molar-refractivity contribution in [1.82, 2.24) is 20.4 Å². The van der Waals surface area contributed by atoms with Gasteiger partial charge in [0, 0.05) is 38.4 Å². The van der Waals surface area contributed by atoms with Gasteiger partial charge in [0.05, 0.1) is 23.4 Å². The zero-order valence-corrected chi connectivity index (χ0v) is 15.3. The fourth-order valence-corrected chi connectivity index (χ4v) is 3.27. The highest BCUT2D eigenvalue weighted by molar-refractivity contribution is 5.98. The molecule has 0 spiro atoms. The maximum absolute atomic E-state index is 12.0. The molecule has 1 amide bonds. The third kappa shape index (κ3) is 3.86. The van der Waals surface area contributed by atoms with Crippen LogP contribution in [0.15, 0.2) is 22.9 Å². The second kappa shape index (κ2) is 7.84. The summed E-state index contributed by atoms with van der Waals surface area (Å²) in [5.74, 6) is 1.11. The van der Waals surface area contributed by atoms with Crippen molar-refractivity contribution < 1.29 is 14.4 Å². The van der Waals surface area contributed by atoms with Crippen LogP contribution in [0.1, 0.15) is 33.8 Å². The monoisotopic (exact) mass is 359 g/mol. The Balaban J connectivity index is 1.64. The number of nitrogens with one attached hydrogen (secondary N) is 2. The average Bonchev–Trinajstić information content (AvgIpc) is 2.95. The molecule has 26 heavy (non-hydrogen) atoms. The standard InChI is InChI=1S/C18H25N5O3/c1-11-14(12(2)26-22-11)9-23-8-6-15(16(24)10-23)21-17-13(18(25)19-3)5-4-7-20-17/h4-5,7,15-16,24H,6,8-10H2,1-3H3,(H,19,25)(H,20,21)/t15-,16-/m1/s1. The predicted octanol–water partition coefficient (Wildman–Crippen LogP) is 1.09. The minimum atomic E-state index is -0.566. The molecule has 0 radical (unpaired) electrons. The molecule has 3 heterocycles. The highest BCUT2D eigenvalue weighted by Gasteiger charge is 2.29. The van der Waals surface area contributed by atoms with Crippen molar-refractivity contribution >= 4 is 11.7 Å². The number of nitrogens with zero attached hydrogens (tertiary/aromatic N) is 3. The van der Waals surface area contributed by atoms with Crippen LogP contribution in [0, 0.1) is 13.8 Å². The third-order valence-electron chi connectivity index (χ3n) is 4.83. The molecule has 1 aliphatic rings. The SMILES string of the molecule is CNC(=O)c1cccnc1N[C@@H]1CCN(Cc2c(C)noc2C)C[C@H]1O. The van der Waals surface area contributed by atoms with E-state index in [1.807, 2.05) is 13.8 Å². The number of pyridine rings is 1. The molecule has 2 atom stereocenters. The lowest BCUT2D eigenvalue weighted by atomic mass is 10.0. The Morgan fingerprint density at radius 1 is 1.46 bits per heavy atom. The minimum absolute atomic E-state index is 0.158. The maximum Gasteiger partial charge on any atom is 0.254 e. The van der Waals surface area contributed by atoms with Crippen LogP contribution in [0.4, 0.5) is 5.82 Å². The summed E-state index contributed by atoms with van der Waals surface area (Å²) in [7, 11) is 1.58. The first kappa shape index (κ1) is 18.3. The molecule has 3 N–H and O–H groups in total. The number of aliphatic hydroxyl groups is 1. The number of amides is 1. The molecule has 8 heteroatoms. The van der Waals surface area contributed by atoms with Gasteiger partial charge in [0.1, 0.15) is 11.6 Å². The quantitative estimate of drug-likeness (QED) is 0.734. The van der Waals surface area contributed by atoms with Crippen LogP contribution in [0.5, 0.6) is 0 Å². The van der Waals surface area contributed by atoms with E-state index in [0.29, 0.717) is 24.5 Å². The van der Waals surface area contributed by atoms with E-state index in [9.17, 15) is 9.90 Å². The molecule has 1 aliphatic heterocycles. The minimum Gasteiger partial charge on any atom is -0.390 e. The Morgan fingerprint density at radius 3 is 2.92 bits per heavy atom. The average molecular weight is 359 g/mol. The van der Waals surface area contributed by atoms with Crippen molar-refractivity contribution in [2.75, 3.05) is 25.5 Å². The van der Waals surface area contributed by atoms with Crippen LogP contribution in [-0.2, 0) is 6.54 Å². The lowest BCUT2D eigenvalue weighted by molar-refractivity contribution is 0.0557. The summed E-state index contributed by atoms with van der Waals surface area (Å²) in [5.41, 5.74) is 2.44. The molecule has 0 saturated carbocycles. The van der Waals surface area contributed by atoms with E-state index in [1.54, 1.807) is 25.4 Å². The number of aryl methyl sites for hydroxylation is 2. The topological polar surface area (TPSA) is 104 Å². The molecule has 3 rings (SSSR count). The molecule has 0 aliphatic carbocycles. The Bertz CT molecular complexity index is 756. The number of rotatable bonds is 5. The molecule has 8 nitrogen and oxygen atoms in total. The Morgan fingerprint density at radius 2 is 2.27 bits per heavy atom. The first-order valence-electron chi connectivity index (χ1n) is 8.75. The van der Waals surface area contributed by atoms with Crippen molar-refractivity contribution in [3.8, 4) is 0 Å². The van der Waals surface area contributed by atoms with Crippen LogP contribution in [0.2, 0.25) is 0 Å². The van der Waals surface area contributed by atoms with Gasteiger partial charge in [0.2, 0.25) is 0 Å². The van der Waals surface area contributed by atoms with Gasteiger partial charge in [-0.1, -0.05) is 5.16 Å². The molecular weight excluding hydrogens is 334 g/mol. The first-order chi connectivity index (χ1) is 12.5. The summed E-state index contributed by atoms with van der Waals surface area (Å²) in [6.07, 6.45) is 1.81. The molecule has 2 aromatic heterocycles. The van der Waals surface area contributed by atoms with E-state index >= 15 is 0 Å². The number of aliphatic hydroxyl groups excluding tert-OH is 1.